The molecule has 1 aromatic rings. The molecule has 0 fully saturated rings. The highest BCUT2D eigenvalue weighted by Gasteiger charge is 2.62. The highest BCUT2D eigenvalue weighted by atomic mass is 16.3. The molecule has 170 valence electrons. The molecule has 4 atom stereocenters. The van der Waals surface area contributed by atoms with Gasteiger partial charge in [-0.1, -0.05) is 19.4 Å². The molecule has 0 heterocycles. The van der Waals surface area contributed by atoms with E-state index in [4.69, 9.17) is 0 Å². The molecule has 0 saturated heterocycles. The van der Waals surface area contributed by atoms with Gasteiger partial charge in [-0.25, -0.2) is 0 Å². The maximum absolute atomic E-state index is 13.5. The smallest absolute Gasteiger partial charge is 0.209 e. The van der Waals surface area contributed by atoms with Gasteiger partial charge in [0.05, 0.1) is 11.6 Å². The summed E-state index contributed by atoms with van der Waals surface area (Å²) < 4.78 is 0. The van der Waals surface area contributed by atoms with Crippen molar-refractivity contribution in [1.29, 1.82) is 0 Å². The SMILES string of the molecule is CCCc1ccc(O)c2c1CC1CC3C(N(C)C)C(O)=C(C=O)C(=O)C3(O)C(O)=C1C2=O. The molecule has 8 heteroatoms. The Kier molecular flexibility index (Phi) is 5.26. The maximum atomic E-state index is 13.5. The van der Waals surface area contributed by atoms with Crippen LogP contribution in [-0.4, -0.2) is 68.9 Å². The molecule has 8 nitrogen and oxygen atoms in total. The Morgan fingerprint density at radius 1 is 1.19 bits per heavy atom. The average molecular weight is 441 g/mol. The molecule has 0 saturated carbocycles. The number of likely N-dealkylation sites (N-methyl/N-ethyl adjacent to an activating group) is 1. The number of aliphatic hydroxyl groups excluding tert-OH is 2. The summed E-state index contributed by atoms with van der Waals surface area (Å²) in [5.41, 5.74) is -1.53. The van der Waals surface area contributed by atoms with Gasteiger partial charge >= 0.3 is 0 Å². The summed E-state index contributed by atoms with van der Waals surface area (Å²) >= 11 is 0. The molecule has 4 unspecified atom stereocenters. The zero-order valence-corrected chi connectivity index (χ0v) is 18.3. The molecule has 0 aromatic heterocycles. The molecule has 0 aliphatic heterocycles. The van der Waals surface area contributed by atoms with Gasteiger partial charge in [0.1, 0.15) is 22.8 Å². The number of Topliss-reactive ketones (excluding diaryl/α,β-unsaturated/α-hetero) is 2. The minimum Gasteiger partial charge on any atom is -0.510 e. The number of ketones is 2. The predicted octanol–water partition coefficient (Wildman–Crippen LogP) is 1.79. The Balaban J connectivity index is 1.95. The van der Waals surface area contributed by atoms with E-state index >= 15 is 0 Å². The fourth-order valence-corrected chi connectivity index (χ4v) is 5.72. The van der Waals surface area contributed by atoms with E-state index < -0.39 is 52.1 Å². The Bertz CT molecular complexity index is 1100. The number of nitrogens with zero attached hydrogens (tertiary/aromatic N) is 1. The first kappa shape index (κ1) is 22.2. The molecule has 4 N–H and O–H groups in total. The van der Waals surface area contributed by atoms with E-state index in [0.717, 1.165) is 12.0 Å². The van der Waals surface area contributed by atoms with Crippen LogP contribution in [0.2, 0.25) is 0 Å². The summed E-state index contributed by atoms with van der Waals surface area (Å²) in [6, 6.07) is 2.33. The third-order valence-electron chi connectivity index (χ3n) is 7.13. The molecule has 3 aliphatic carbocycles. The summed E-state index contributed by atoms with van der Waals surface area (Å²) in [5, 5.41) is 43.7. The zero-order chi connectivity index (χ0) is 23.5. The van der Waals surface area contributed by atoms with Crippen molar-refractivity contribution in [2.45, 2.75) is 44.2 Å². The standard InChI is InChI=1S/C24H27NO7/c1-4-5-11-6-7-16(27)18-13(11)8-12-9-15-19(25(2)3)20(28)14(10-26)22(30)24(15,32)23(31)17(12)21(18)29/h6-7,10,12,15,19,27-28,31-32H,4-5,8-9H2,1-3H3. The lowest BCUT2D eigenvalue weighted by Gasteiger charge is -2.50. The number of aromatic hydroxyl groups is 1. The quantitative estimate of drug-likeness (QED) is 0.410. The van der Waals surface area contributed by atoms with E-state index in [1.165, 1.54) is 6.07 Å². The first-order valence-corrected chi connectivity index (χ1v) is 10.7. The van der Waals surface area contributed by atoms with Crippen molar-refractivity contribution in [2.75, 3.05) is 14.1 Å². The minimum atomic E-state index is -2.52. The third kappa shape index (κ3) is 2.79. The van der Waals surface area contributed by atoms with Crippen molar-refractivity contribution in [3.63, 3.8) is 0 Å². The van der Waals surface area contributed by atoms with Gasteiger partial charge in [-0.15, -0.1) is 0 Å². The van der Waals surface area contributed by atoms with Gasteiger partial charge < -0.3 is 20.4 Å². The molecule has 0 radical (unpaired) electrons. The molecule has 0 spiro atoms. The number of allylic oxidation sites excluding steroid dienone is 1. The van der Waals surface area contributed by atoms with Crippen molar-refractivity contribution in [3.05, 3.63) is 51.5 Å². The average Bonchev–Trinajstić information content (AvgIpc) is 2.73. The Labute approximate surface area is 185 Å². The van der Waals surface area contributed by atoms with Crippen LogP contribution in [0.4, 0.5) is 0 Å². The van der Waals surface area contributed by atoms with Crippen LogP contribution in [0.3, 0.4) is 0 Å². The van der Waals surface area contributed by atoms with Crippen LogP contribution < -0.4 is 0 Å². The number of aldehydes is 1. The van der Waals surface area contributed by atoms with Crippen LogP contribution in [0.5, 0.6) is 5.75 Å². The lowest BCUT2D eigenvalue weighted by molar-refractivity contribution is -0.147. The number of phenols is 1. The Morgan fingerprint density at radius 2 is 1.88 bits per heavy atom. The van der Waals surface area contributed by atoms with Gasteiger partial charge in [0.25, 0.3) is 0 Å². The molecule has 0 amide bonds. The van der Waals surface area contributed by atoms with Crippen LogP contribution in [-0.2, 0) is 22.4 Å². The topological polar surface area (TPSA) is 135 Å². The first-order chi connectivity index (χ1) is 15.1. The largest absolute Gasteiger partial charge is 0.510 e. The summed E-state index contributed by atoms with van der Waals surface area (Å²) in [6.07, 6.45) is 2.19. The monoisotopic (exact) mass is 441 g/mol. The highest BCUT2D eigenvalue weighted by molar-refractivity contribution is 6.20. The van der Waals surface area contributed by atoms with Crippen molar-refractivity contribution in [3.8, 4) is 5.75 Å². The summed E-state index contributed by atoms with van der Waals surface area (Å²) in [7, 11) is 3.27. The van der Waals surface area contributed by atoms with Gasteiger partial charge in [-0.05, 0) is 56.5 Å². The number of hydrogen-bond acceptors (Lipinski definition) is 8. The van der Waals surface area contributed by atoms with E-state index in [9.17, 15) is 34.8 Å². The lowest BCUT2D eigenvalue weighted by atomic mass is 9.58. The maximum Gasteiger partial charge on any atom is 0.209 e. The first-order valence-electron chi connectivity index (χ1n) is 10.7. The number of carbonyl (C=O) groups is 3. The number of rotatable bonds is 4. The third-order valence-corrected chi connectivity index (χ3v) is 7.13. The van der Waals surface area contributed by atoms with E-state index in [1.54, 1.807) is 25.1 Å². The van der Waals surface area contributed by atoms with Crippen LogP contribution in [0.25, 0.3) is 0 Å². The van der Waals surface area contributed by atoms with E-state index in [0.29, 0.717) is 18.4 Å². The van der Waals surface area contributed by atoms with Crippen LogP contribution >= 0.6 is 0 Å². The second-order valence-corrected chi connectivity index (χ2v) is 9.10. The minimum absolute atomic E-state index is 0.0808. The zero-order valence-electron chi connectivity index (χ0n) is 18.3. The van der Waals surface area contributed by atoms with Crippen LogP contribution in [0.1, 0.15) is 41.3 Å². The van der Waals surface area contributed by atoms with Crippen molar-refractivity contribution < 1.29 is 34.8 Å². The predicted molar refractivity (Wildman–Crippen MR) is 115 cm³/mol. The van der Waals surface area contributed by atoms with E-state index in [2.05, 4.69) is 0 Å². The van der Waals surface area contributed by atoms with Gasteiger partial charge in [0, 0.05) is 11.5 Å². The van der Waals surface area contributed by atoms with Crippen LogP contribution in [0.15, 0.2) is 34.8 Å². The van der Waals surface area contributed by atoms with E-state index in [1.807, 2.05) is 6.92 Å². The molecule has 3 aliphatic rings. The van der Waals surface area contributed by atoms with Gasteiger partial charge in [-0.2, -0.15) is 0 Å². The summed E-state index contributed by atoms with van der Waals surface area (Å²) in [5.74, 6) is -4.70. The number of aryl methyl sites for hydroxylation is 1. The van der Waals surface area contributed by atoms with Gasteiger partial charge in [-0.3, -0.25) is 19.3 Å². The number of fused-ring (bicyclic) bond motifs is 3. The Hall–Kier alpha value is -2.97. The fraction of sp³-hybridized carbons (Fsp3) is 0.458. The van der Waals surface area contributed by atoms with Gasteiger partial charge in [0.15, 0.2) is 17.7 Å². The lowest BCUT2D eigenvalue weighted by Crippen LogP contribution is -2.63. The second kappa shape index (κ2) is 7.56. The normalized spacial score (nSPS) is 29.7. The number of carbonyl (C=O) groups excluding carboxylic acids is 3. The second-order valence-electron chi connectivity index (χ2n) is 9.10. The molecular weight excluding hydrogens is 414 g/mol. The molecule has 0 bridgehead atoms. The highest BCUT2D eigenvalue weighted by Crippen LogP contribution is 2.52. The molecule has 4 rings (SSSR count). The molecule has 32 heavy (non-hydrogen) atoms. The van der Waals surface area contributed by atoms with Crippen LogP contribution in [0, 0.1) is 11.8 Å². The number of aliphatic hydroxyl groups is 3. The van der Waals surface area contributed by atoms with Gasteiger partial charge in [0.2, 0.25) is 5.78 Å². The Morgan fingerprint density at radius 3 is 2.47 bits per heavy atom. The molecule has 1 aromatic carbocycles. The van der Waals surface area contributed by atoms with Crippen molar-refractivity contribution in [2.24, 2.45) is 11.8 Å². The summed E-state index contributed by atoms with van der Waals surface area (Å²) in [4.78, 5) is 39.6. The van der Waals surface area contributed by atoms with E-state index in [-0.39, 0.29) is 29.6 Å². The molecular formula is C24H27NO7. The fourth-order valence-electron chi connectivity index (χ4n) is 5.72. The van der Waals surface area contributed by atoms with Crippen molar-refractivity contribution in [1.82, 2.24) is 4.90 Å². The summed E-state index contributed by atoms with van der Waals surface area (Å²) in [6.45, 7) is 2.01. The number of hydrogen-bond donors (Lipinski definition) is 4. The number of phenolic OH excluding ortho intramolecular Hbond substituents is 1. The van der Waals surface area contributed by atoms with Crippen molar-refractivity contribution >= 4 is 17.9 Å². The number of benzene rings is 1.